The van der Waals surface area contributed by atoms with Gasteiger partial charge in [0.25, 0.3) is 5.69 Å². The number of hydrogen-bond acceptors (Lipinski definition) is 4. The van der Waals surface area contributed by atoms with Crippen LogP contribution in [-0.4, -0.2) is 40.9 Å². The highest BCUT2D eigenvalue weighted by atomic mass is 16.6. The molecule has 0 aromatic heterocycles. The Balaban J connectivity index is 2.11. The Morgan fingerprint density at radius 2 is 2.24 bits per heavy atom. The number of amides is 1. The molecule has 0 aliphatic carbocycles. The Hall–Kier alpha value is -2.21. The normalized spacial score (nSPS) is 17.9. The number of carbonyl (C=O) groups is 1. The van der Waals surface area contributed by atoms with Crippen molar-refractivity contribution in [2.45, 2.75) is 19.4 Å². The molecule has 6 heteroatoms. The zero-order valence-electron chi connectivity index (χ0n) is 12.2. The molecule has 1 fully saturated rings. The van der Waals surface area contributed by atoms with Gasteiger partial charge in [0.2, 0.25) is 5.91 Å². The third kappa shape index (κ3) is 3.66. The fourth-order valence-electron chi connectivity index (χ4n) is 2.39. The SMILES string of the molecule is CC1(C)CNCCN1C(=O)C=Cc1cccc([N+](=O)[O-])c1. The summed E-state index contributed by atoms with van der Waals surface area (Å²) in [5.74, 6) is -0.0759. The van der Waals surface area contributed by atoms with Crippen molar-refractivity contribution >= 4 is 17.7 Å². The van der Waals surface area contributed by atoms with E-state index in [-0.39, 0.29) is 17.1 Å². The second-order valence-electron chi connectivity index (χ2n) is 5.66. The Labute approximate surface area is 123 Å². The van der Waals surface area contributed by atoms with Crippen molar-refractivity contribution < 1.29 is 9.72 Å². The van der Waals surface area contributed by atoms with Crippen LogP contribution in [0.25, 0.3) is 6.08 Å². The summed E-state index contributed by atoms with van der Waals surface area (Å²) in [6.45, 7) is 6.21. The van der Waals surface area contributed by atoms with Crippen LogP contribution < -0.4 is 5.32 Å². The molecular weight excluding hydrogens is 270 g/mol. The lowest BCUT2D eigenvalue weighted by Crippen LogP contribution is -2.59. The van der Waals surface area contributed by atoms with Gasteiger partial charge in [0.05, 0.1) is 10.5 Å². The minimum Gasteiger partial charge on any atom is -0.331 e. The molecule has 1 aliphatic heterocycles. The fraction of sp³-hybridized carbons (Fsp3) is 0.400. The molecule has 1 saturated heterocycles. The fourth-order valence-corrected chi connectivity index (χ4v) is 2.39. The summed E-state index contributed by atoms with van der Waals surface area (Å²) in [4.78, 5) is 24.4. The molecule has 1 aromatic carbocycles. The van der Waals surface area contributed by atoms with Crippen LogP contribution in [0.5, 0.6) is 0 Å². The van der Waals surface area contributed by atoms with Gasteiger partial charge in [0, 0.05) is 37.8 Å². The van der Waals surface area contributed by atoms with E-state index in [4.69, 9.17) is 0 Å². The quantitative estimate of drug-likeness (QED) is 0.523. The summed E-state index contributed by atoms with van der Waals surface area (Å²) in [6, 6.07) is 6.22. The second kappa shape index (κ2) is 6.05. The van der Waals surface area contributed by atoms with Crippen molar-refractivity contribution in [2.24, 2.45) is 0 Å². The number of piperazine rings is 1. The number of nitro benzene ring substituents is 1. The third-order valence-electron chi connectivity index (χ3n) is 3.57. The van der Waals surface area contributed by atoms with Crippen LogP contribution in [0.3, 0.4) is 0 Å². The summed E-state index contributed by atoms with van der Waals surface area (Å²) in [5.41, 5.74) is 0.431. The van der Waals surface area contributed by atoms with Gasteiger partial charge in [-0.25, -0.2) is 0 Å². The highest BCUT2D eigenvalue weighted by Crippen LogP contribution is 2.18. The molecule has 0 unspecified atom stereocenters. The summed E-state index contributed by atoms with van der Waals surface area (Å²) in [6.07, 6.45) is 3.10. The zero-order chi connectivity index (χ0) is 15.5. The van der Waals surface area contributed by atoms with Crippen LogP contribution in [-0.2, 0) is 4.79 Å². The van der Waals surface area contributed by atoms with Gasteiger partial charge in [-0.2, -0.15) is 0 Å². The number of nitro groups is 1. The average molecular weight is 289 g/mol. The first kappa shape index (κ1) is 15.2. The van der Waals surface area contributed by atoms with Gasteiger partial charge in [-0.3, -0.25) is 14.9 Å². The molecule has 1 amide bonds. The van der Waals surface area contributed by atoms with E-state index in [1.54, 1.807) is 18.2 Å². The van der Waals surface area contributed by atoms with Crippen LogP contribution in [0.15, 0.2) is 30.3 Å². The minimum absolute atomic E-state index is 0.0205. The number of non-ortho nitro benzene ring substituents is 1. The summed E-state index contributed by atoms with van der Waals surface area (Å²) in [7, 11) is 0. The molecule has 1 aliphatic rings. The van der Waals surface area contributed by atoms with Gasteiger partial charge in [0.1, 0.15) is 0 Å². The molecule has 1 aromatic rings. The number of benzene rings is 1. The highest BCUT2D eigenvalue weighted by molar-refractivity contribution is 5.92. The van der Waals surface area contributed by atoms with Crippen molar-refractivity contribution in [3.8, 4) is 0 Å². The number of rotatable bonds is 3. The van der Waals surface area contributed by atoms with Crippen molar-refractivity contribution in [1.29, 1.82) is 0 Å². The topological polar surface area (TPSA) is 75.5 Å². The monoisotopic (exact) mass is 289 g/mol. The lowest BCUT2D eigenvalue weighted by Gasteiger charge is -2.42. The molecule has 0 bridgehead atoms. The third-order valence-corrected chi connectivity index (χ3v) is 3.57. The van der Waals surface area contributed by atoms with Gasteiger partial charge in [-0.1, -0.05) is 12.1 Å². The first-order chi connectivity index (χ1) is 9.90. The smallest absolute Gasteiger partial charge is 0.270 e. The van der Waals surface area contributed by atoms with Crippen LogP contribution in [0, 0.1) is 10.1 Å². The van der Waals surface area contributed by atoms with Crippen LogP contribution >= 0.6 is 0 Å². The van der Waals surface area contributed by atoms with E-state index in [0.29, 0.717) is 12.1 Å². The van der Waals surface area contributed by atoms with E-state index in [2.05, 4.69) is 5.32 Å². The first-order valence-corrected chi connectivity index (χ1v) is 6.85. The lowest BCUT2D eigenvalue weighted by molar-refractivity contribution is -0.384. The standard InChI is InChI=1S/C15H19N3O3/c1-15(2)11-16-8-9-17(15)14(19)7-6-12-4-3-5-13(10-12)18(20)21/h3-7,10,16H,8-9,11H2,1-2H3. The van der Waals surface area contributed by atoms with Crippen LogP contribution in [0.4, 0.5) is 5.69 Å². The number of nitrogens with zero attached hydrogens (tertiary/aromatic N) is 2. The van der Waals surface area contributed by atoms with E-state index in [9.17, 15) is 14.9 Å². The Morgan fingerprint density at radius 3 is 2.90 bits per heavy atom. The van der Waals surface area contributed by atoms with Crippen molar-refractivity contribution in [3.63, 3.8) is 0 Å². The lowest BCUT2D eigenvalue weighted by atomic mass is 10.00. The Bertz CT molecular complexity index is 581. The highest BCUT2D eigenvalue weighted by Gasteiger charge is 2.31. The Kier molecular flexibility index (Phi) is 4.37. The van der Waals surface area contributed by atoms with Gasteiger partial charge < -0.3 is 10.2 Å². The molecule has 0 atom stereocenters. The maximum absolute atomic E-state index is 12.3. The summed E-state index contributed by atoms with van der Waals surface area (Å²) in [5, 5.41) is 14.0. The predicted octanol–water partition coefficient (Wildman–Crippen LogP) is 1.82. The summed E-state index contributed by atoms with van der Waals surface area (Å²) >= 11 is 0. The van der Waals surface area contributed by atoms with Crippen molar-refractivity contribution in [3.05, 3.63) is 46.0 Å². The molecule has 2 rings (SSSR count). The van der Waals surface area contributed by atoms with E-state index in [1.165, 1.54) is 18.2 Å². The molecule has 112 valence electrons. The zero-order valence-corrected chi connectivity index (χ0v) is 12.2. The van der Waals surface area contributed by atoms with Crippen LogP contribution in [0.1, 0.15) is 19.4 Å². The van der Waals surface area contributed by atoms with Gasteiger partial charge >= 0.3 is 0 Å². The molecule has 21 heavy (non-hydrogen) atoms. The predicted molar refractivity (Wildman–Crippen MR) is 80.8 cm³/mol. The molecule has 1 N–H and O–H groups in total. The van der Waals surface area contributed by atoms with E-state index < -0.39 is 4.92 Å². The number of nitrogens with one attached hydrogen (secondary N) is 1. The molecule has 0 radical (unpaired) electrons. The van der Waals surface area contributed by atoms with Crippen molar-refractivity contribution in [1.82, 2.24) is 10.2 Å². The Morgan fingerprint density at radius 1 is 1.48 bits per heavy atom. The van der Waals surface area contributed by atoms with Gasteiger partial charge in [-0.05, 0) is 25.5 Å². The van der Waals surface area contributed by atoms with Crippen LogP contribution in [0.2, 0.25) is 0 Å². The largest absolute Gasteiger partial charge is 0.331 e. The van der Waals surface area contributed by atoms with E-state index in [1.807, 2.05) is 18.7 Å². The molecular formula is C15H19N3O3. The van der Waals surface area contributed by atoms with E-state index >= 15 is 0 Å². The number of carbonyl (C=O) groups excluding carboxylic acids is 1. The van der Waals surface area contributed by atoms with E-state index in [0.717, 1.165) is 13.1 Å². The maximum atomic E-state index is 12.3. The minimum atomic E-state index is -0.446. The van der Waals surface area contributed by atoms with Gasteiger partial charge in [-0.15, -0.1) is 0 Å². The number of hydrogen-bond donors (Lipinski definition) is 1. The second-order valence-corrected chi connectivity index (χ2v) is 5.66. The molecule has 6 nitrogen and oxygen atoms in total. The van der Waals surface area contributed by atoms with Crippen molar-refractivity contribution in [2.75, 3.05) is 19.6 Å². The van der Waals surface area contributed by atoms with Gasteiger partial charge in [0.15, 0.2) is 0 Å². The summed E-state index contributed by atoms with van der Waals surface area (Å²) < 4.78 is 0. The maximum Gasteiger partial charge on any atom is 0.270 e. The first-order valence-electron chi connectivity index (χ1n) is 6.85. The average Bonchev–Trinajstić information content (AvgIpc) is 2.44. The molecule has 0 spiro atoms. The molecule has 0 saturated carbocycles. The molecule has 1 heterocycles.